The third-order valence-electron chi connectivity index (χ3n) is 5.19. The van der Waals surface area contributed by atoms with Crippen LogP contribution in [0, 0.1) is 20.8 Å². The molecular formula is C24H26N8O. The van der Waals surface area contributed by atoms with Crippen LogP contribution in [0.3, 0.4) is 0 Å². The Kier molecular flexibility index (Phi) is 6.21. The number of rotatable bonds is 6. The number of nitrogens with zero attached hydrogens (tertiary/aromatic N) is 7. The molecule has 3 aromatic heterocycles. The fourth-order valence-corrected chi connectivity index (χ4v) is 3.54. The molecule has 0 bridgehead atoms. The Hall–Kier alpha value is -4.01. The second-order valence-corrected chi connectivity index (χ2v) is 8.38. The minimum absolute atomic E-state index is 0.111. The van der Waals surface area contributed by atoms with Gasteiger partial charge in [-0.15, -0.1) is 5.10 Å². The van der Waals surface area contributed by atoms with Gasteiger partial charge in [-0.05, 0) is 60.5 Å². The average molecular weight is 443 g/mol. The number of hydrogen-bond acceptors (Lipinski definition) is 7. The highest BCUT2D eigenvalue weighted by atomic mass is 16.1. The van der Waals surface area contributed by atoms with Crippen LogP contribution < -0.4 is 5.32 Å². The molecule has 3 heterocycles. The molecule has 9 heteroatoms. The fourth-order valence-electron chi connectivity index (χ4n) is 3.54. The number of nitrogens with one attached hydrogen (secondary N) is 1. The second kappa shape index (κ2) is 9.23. The molecule has 1 N–H and O–H groups in total. The molecule has 4 rings (SSSR count). The number of carbonyl (C=O) groups is 1. The molecule has 4 aromatic rings. The van der Waals surface area contributed by atoms with E-state index in [1.165, 1.54) is 0 Å². The van der Waals surface area contributed by atoms with E-state index in [1.807, 2.05) is 52.9 Å². The Morgan fingerprint density at radius 3 is 2.52 bits per heavy atom. The van der Waals surface area contributed by atoms with E-state index in [4.69, 9.17) is 0 Å². The molecule has 0 aliphatic heterocycles. The third-order valence-corrected chi connectivity index (χ3v) is 5.19. The largest absolute Gasteiger partial charge is 0.346 e. The van der Waals surface area contributed by atoms with E-state index in [1.54, 1.807) is 23.1 Å². The molecule has 168 valence electrons. The maximum atomic E-state index is 13.1. The van der Waals surface area contributed by atoms with Gasteiger partial charge in [-0.1, -0.05) is 19.9 Å². The van der Waals surface area contributed by atoms with Crippen LogP contribution in [0.25, 0.3) is 16.9 Å². The van der Waals surface area contributed by atoms with E-state index in [0.29, 0.717) is 22.8 Å². The summed E-state index contributed by atoms with van der Waals surface area (Å²) in [6.07, 6.45) is 5.16. The zero-order chi connectivity index (χ0) is 23.5. The van der Waals surface area contributed by atoms with Crippen molar-refractivity contribution in [3.05, 3.63) is 76.8 Å². The lowest BCUT2D eigenvalue weighted by molar-refractivity contribution is 0.0950. The highest BCUT2D eigenvalue weighted by Crippen LogP contribution is 2.27. The smallest absolute Gasteiger partial charge is 0.251 e. The first-order valence-electron chi connectivity index (χ1n) is 10.7. The van der Waals surface area contributed by atoms with Crippen molar-refractivity contribution in [1.29, 1.82) is 0 Å². The summed E-state index contributed by atoms with van der Waals surface area (Å²) in [6, 6.07) is 7.64. The van der Waals surface area contributed by atoms with Crippen LogP contribution in [0.2, 0.25) is 0 Å². The number of aryl methyl sites for hydroxylation is 3. The first-order chi connectivity index (χ1) is 15.8. The van der Waals surface area contributed by atoms with Crippen LogP contribution >= 0.6 is 0 Å². The Bertz CT molecular complexity index is 1290. The van der Waals surface area contributed by atoms with Gasteiger partial charge in [0, 0.05) is 29.4 Å². The molecule has 9 nitrogen and oxygen atoms in total. The van der Waals surface area contributed by atoms with Gasteiger partial charge in [-0.2, -0.15) is 4.68 Å². The number of benzene rings is 1. The lowest BCUT2D eigenvalue weighted by atomic mass is 10.0. The lowest BCUT2D eigenvalue weighted by Crippen LogP contribution is -2.24. The van der Waals surface area contributed by atoms with Crippen LogP contribution in [0.4, 0.5) is 0 Å². The van der Waals surface area contributed by atoms with E-state index in [0.717, 1.165) is 28.1 Å². The van der Waals surface area contributed by atoms with Crippen LogP contribution in [-0.4, -0.2) is 41.1 Å². The molecule has 0 saturated heterocycles. The highest BCUT2D eigenvalue weighted by Gasteiger charge is 2.17. The first kappa shape index (κ1) is 22.2. The third kappa shape index (κ3) is 4.92. The molecule has 0 aliphatic rings. The molecule has 0 saturated carbocycles. The van der Waals surface area contributed by atoms with E-state index < -0.39 is 0 Å². The summed E-state index contributed by atoms with van der Waals surface area (Å²) in [7, 11) is 0. The van der Waals surface area contributed by atoms with Crippen LogP contribution in [-0.2, 0) is 6.54 Å². The topological polar surface area (TPSA) is 111 Å². The van der Waals surface area contributed by atoms with Crippen molar-refractivity contribution in [2.75, 3.05) is 0 Å². The molecule has 33 heavy (non-hydrogen) atoms. The SMILES string of the molecule is Cc1cnc(-c2cc(C(=O)NCc3cnc(C)cn3)cc(-n3nnnc3C(C)C)c2)c(C)c1. The Labute approximate surface area is 192 Å². The minimum atomic E-state index is -0.232. The number of aromatic nitrogens is 7. The standard InChI is InChI=1S/C24H26N8O/c1-14(2)23-29-30-31-32(23)21-8-18(22-16(4)6-15(3)10-27-22)7-19(9-21)24(33)28-13-20-12-25-17(5)11-26-20/h6-12,14H,13H2,1-5H3,(H,28,33). The van der Waals surface area contributed by atoms with E-state index in [-0.39, 0.29) is 18.4 Å². The summed E-state index contributed by atoms with van der Waals surface area (Å²) in [5, 5.41) is 15.1. The average Bonchev–Trinajstić information content (AvgIpc) is 3.29. The molecule has 0 fully saturated rings. The molecule has 0 radical (unpaired) electrons. The molecular weight excluding hydrogens is 416 g/mol. The molecule has 1 amide bonds. The van der Waals surface area contributed by atoms with Crippen LogP contribution in [0.15, 0.2) is 42.9 Å². The second-order valence-electron chi connectivity index (χ2n) is 8.38. The summed E-state index contributed by atoms with van der Waals surface area (Å²) in [6.45, 7) is 10.2. The Morgan fingerprint density at radius 2 is 1.82 bits per heavy atom. The van der Waals surface area contributed by atoms with Crippen molar-refractivity contribution in [2.24, 2.45) is 0 Å². The monoisotopic (exact) mass is 442 g/mol. The quantitative estimate of drug-likeness (QED) is 0.486. The molecule has 0 aliphatic carbocycles. The zero-order valence-electron chi connectivity index (χ0n) is 19.4. The number of hydrogen-bond donors (Lipinski definition) is 1. The summed E-state index contributed by atoms with van der Waals surface area (Å²) in [5.41, 5.74) is 6.41. The molecule has 0 spiro atoms. The minimum Gasteiger partial charge on any atom is -0.346 e. The first-order valence-corrected chi connectivity index (χ1v) is 10.7. The van der Waals surface area contributed by atoms with Crippen molar-refractivity contribution in [2.45, 2.75) is 47.1 Å². The van der Waals surface area contributed by atoms with Gasteiger partial charge in [0.1, 0.15) is 0 Å². The Balaban J connectivity index is 1.74. The van der Waals surface area contributed by atoms with Gasteiger partial charge in [-0.3, -0.25) is 19.7 Å². The Morgan fingerprint density at radius 1 is 1.00 bits per heavy atom. The van der Waals surface area contributed by atoms with Crippen molar-refractivity contribution in [1.82, 2.24) is 40.5 Å². The zero-order valence-corrected chi connectivity index (χ0v) is 19.4. The molecule has 0 unspecified atom stereocenters. The van der Waals surface area contributed by atoms with E-state index >= 15 is 0 Å². The summed E-state index contributed by atoms with van der Waals surface area (Å²) in [4.78, 5) is 26.3. The lowest BCUT2D eigenvalue weighted by Gasteiger charge is -2.13. The van der Waals surface area contributed by atoms with Gasteiger partial charge >= 0.3 is 0 Å². The van der Waals surface area contributed by atoms with Gasteiger partial charge in [-0.25, -0.2) is 0 Å². The molecule has 1 aromatic carbocycles. The predicted octanol–water partition coefficient (Wildman–Crippen LogP) is 3.49. The van der Waals surface area contributed by atoms with Crippen molar-refractivity contribution in [3.63, 3.8) is 0 Å². The van der Waals surface area contributed by atoms with Crippen molar-refractivity contribution >= 4 is 5.91 Å². The van der Waals surface area contributed by atoms with Gasteiger partial charge in [0.2, 0.25) is 0 Å². The van der Waals surface area contributed by atoms with Crippen LogP contribution in [0.1, 0.15) is 58.5 Å². The van der Waals surface area contributed by atoms with Gasteiger partial charge in [0.15, 0.2) is 5.82 Å². The van der Waals surface area contributed by atoms with E-state index in [9.17, 15) is 4.79 Å². The van der Waals surface area contributed by atoms with Crippen molar-refractivity contribution < 1.29 is 4.79 Å². The van der Waals surface area contributed by atoms with Gasteiger partial charge in [0.05, 0.1) is 35.5 Å². The maximum Gasteiger partial charge on any atom is 0.251 e. The summed E-state index contributed by atoms with van der Waals surface area (Å²) < 4.78 is 1.67. The van der Waals surface area contributed by atoms with E-state index in [2.05, 4.69) is 41.9 Å². The summed E-state index contributed by atoms with van der Waals surface area (Å²) in [5.74, 6) is 0.590. The highest BCUT2D eigenvalue weighted by molar-refractivity contribution is 5.96. The number of pyridine rings is 1. The number of carbonyl (C=O) groups excluding carboxylic acids is 1. The number of tetrazole rings is 1. The van der Waals surface area contributed by atoms with Crippen LogP contribution in [0.5, 0.6) is 0 Å². The number of amides is 1. The maximum absolute atomic E-state index is 13.1. The predicted molar refractivity (Wildman–Crippen MR) is 124 cm³/mol. The van der Waals surface area contributed by atoms with Gasteiger partial charge in [0.25, 0.3) is 5.91 Å². The summed E-state index contributed by atoms with van der Waals surface area (Å²) >= 11 is 0. The fraction of sp³-hybridized carbons (Fsp3) is 0.292. The van der Waals surface area contributed by atoms with Gasteiger partial charge < -0.3 is 5.32 Å². The van der Waals surface area contributed by atoms with Crippen molar-refractivity contribution in [3.8, 4) is 16.9 Å². The molecule has 0 atom stereocenters. The normalized spacial score (nSPS) is 11.1.